The zero-order valence-corrected chi connectivity index (χ0v) is 11.5. The summed E-state index contributed by atoms with van der Waals surface area (Å²) in [5.41, 5.74) is 3.90. The third-order valence-corrected chi connectivity index (χ3v) is 4.56. The van der Waals surface area contributed by atoms with Crippen LogP contribution in [-0.2, 0) is 0 Å². The molecule has 0 unspecified atom stereocenters. The van der Waals surface area contributed by atoms with Gasteiger partial charge in [0.25, 0.3) is 0 Å². The van der Waals surface area contributed by atoms with E-state index in [4.69, 9.17) is 9.97 Å². The Kier molecular flexibility index (Phi) is 3.33. The van der Waals surface area contributed by atoms with Crippen molar-refractivity contribution in [3.8, 4) is 0 Å². The van der Waals surface area contributed by atoms with Gasteiger partial charge in [-0.2, -0.15) is 0 Å². The molecule has 2 fully saturated rings. The van der Waals surface area contributed by atoms with Crippen molar-refractivity contribution in [1.82, 2.24) is 15.3 Å². The molecule has 2 heterocycles. The zero-order valence-electron chi connectivity index (χ0n) is 11.5. The topological polar surface area (TPSA) is 37.8 Å². The molecule has 3 heteroatoms. The first-order chi connectivity index (χ1) is 8.75. The third kappa shape index (κ3) is 2.16. The molecule has 0 amide bonds. The van der Waals surface area contributed by atoms with E-state index in [1.54, 1.807) is 0 Å². The van der Waals surface area contributed by atoms with Crippen molar-refractivity contribution < 1.29 is 0 Å². The average Bonchev–Trinajstić information content (AvgIpc) is 2.27. The van der Waals surface area contributed by atoms with Gasteiger partial charge in [0.1, 0.15) is 5.82 Å². The second-order valence-electron chi connectivity index (χ2n) is 5.82. The molecule has 18 heavy (non-hydrogen) atoms. The fraction of sp³-hybridized carbons (Fsp3) is 0.733. The minimum Gasteiger partial charge on any atom is -0.317 e. The summed E-state index contributed by atoms with van der Waals surface area (Å²) in [6.07, 6.45) is 6.38. The minimum absolute atomic E-state index is 0.643. The number of nitrogens with zero attached hydrogens (tertiary/aromatic N) is 2. The van der Waals surface area contributed by atoms with Crippen LogP contribution < -0.4 is 5.32 Å². The van der Waals surface area contributed by atoms with E-state index in [9.17, 15) is 0 Å². The third-order valence-electron chi connectivity index (χ3n) is 4.56. The average molecular weight is 245 g/mol. The Labute approximate surface area is 109 Å². The molecular weight excluding hydrogens is 222 g/mol. The second-order valence-corrected chi connectivity index (χ2v) is 5.82. The number of hydrogen-bond acceptors (Lipinski definition) is 3. The Morgan fingerprint density at radius 2 is 1.50 bits per heavy atom. The Hall–Kier alpha value is -0.960. The van der Waals surface area contributed by atoms with E-state index < -0.39 is 0 Å². The van der Waals surface area contributed by atoms with Gasteiger partial charge in [-0.25, -0.2) is 9.97 Å². The van der Waals surface area contributed by atoms with Crippen LogP contribution in [0.15, 0.2) is 0 Å². The van der Waals surface area contributed by atoms with Crippen molar-refractivity contribution in [2.75, 3.05) is 13.1 Å². The molecule has 0 bridgehead atoms. The molecule has 0 aromatic carbocycles. The molecule has 1 aliphatic carbocycles. The number of rotatable bonds is 2. The van der Waals surface area contributed by atoms with Crippen LogP contribution in [0.4, 0.5) is 0 Å². The van der Waals surface area contributed by atoms with Gasteiger partial charge in [-0.3, -0.25) is 0 Å². The molecule has 3 nitrogen and oxygen atoms in total. The lowest BCUT2D eigenvalue weighted by Crippen LogP contribution is -2.28. The van der Waals surface area contributed by atoms with Crippen LogP contribution in [0.2, 0.25) is 0 Å². The fourth-order valence-electron chi connectivity index (χ4n) is 3.30. The summed E-state index contributed by atoms with van der Waals surface area (Å²) in [5.74, 6) is 2.42. The van der Waals surface area contributed by atoms with Crippen LogP contribution in [0, 0.1) is 13.8 Å². The number of piperidine rings is 1. The normalized spacial score (nSPS) is 21.9. The molecule has 0 radical (unpaired) electrons. The molecule has 0 spiro atoms. The lowest BCUT2D eigenvalue weighted by molar-refractivity contribution is 0.397. The van der Waals surface area contributed by atoms with Gasteiger partial charge in [-0.1, -0.05) is 6.42 Å². The molecule has 2 aliphatic rings. The smallest absolute Gasteiger partial charge is 0.131 e. The highest BCUT2D eigenvalue weighted by molar-refractivity contribution is 5.29. The van der Waals surface area contributed by atoms with Gasteiger partial charge in [0.15, 0.2) is 0 Å². The van der Waals surface area contributed by atoms with Gasteiger partial charge in [0, 0.05) is 17.3 Å². The van der Waals surface area contributed by atoms with Crippen molar-refractivity contribution in [3.05, 3.63) is 22.8 Å². The first kappa shape index (κ1) is 12.1. The van der Waals surface area contributed by atoms with E-state index in [1.807, 2.05) is 0 Å². The quantitative estimate of drug-likeness (QED) is 0.870. The summed E-state index contributed by atoms with van der Waals surface area (Å²) in [6.45, 7) is 6.62. The summed E-state index contributed by atoms with van der Waals surface area (Å²) < 4.78 is 0. The van der Waals surface area contributed by atoms with Gasteiger partial charge in [0.05, 0.1) is 0 Å². The zero-order chi connectivity index (χ0) is 12.5. The molecule has 0 atom stereocenters. The van der Waals surface area contributed by atoms with Crippen LogP contribution in [0.3, 0.4) is 0 Å². The molecule has 1 saturated heterocycles. The Morgan fingerprint density at radius 1 is 0.889 bits per heavy atom. The van der Waals surface area contributed by atoms with Crippen molar-refractivity contribution in [3.63, 3.8) is 0 Å². The van der Waals surface area contributed by atoms with E-state index in [0.717, 1.165) is 18.9 Å². The van der Waals surface area contributed by atoms with E-state index in [2.05, 4.69) is 19.2 Å². The monoisotopic (exact) mass is 245 g/mol. The molecule has 98 valence electrons. The first-order valence-corrected chi connectivity index (χ1v) is 7.31. The van der Waals surface area contributed by atoms with Crippen LogP contribution in [0.1, 0.15) is 66.7 Å². The highest BCUT2D eigenvalue weighted by Gasteiger charge is 2.26. The summed E-state index contributed by atoms with van der Waals surface area (Å²) in [6, 6.07) is 0. The highest BCUT2D eigenvalue weighted by atomic mass is 14.9. The van der Waals surface area contributed by atoms with Crippen molar-refractivity contribution in [2.45, 2.75) is 57.8 Å². The standard InChI is InChI=1S/C15H23N3/c1-10-14(12-6-8-16-9-7-12)11(2)18-15(17-10)13-4-3-5-13/h12-13,16H,3-9H2,1-2H3. The molecular formula is C15H23N3. The fourth-order valence-corrected chi connectivity index (χ4v) is 3.30. The number of hydrogen-bond donors (Lipinski definition) is 1. The van der Waals surface area contributed by atoms with E-state index >= 15 is 0 Å². The predicted molar refractivity (Wildman–Crippen MR) is 72.9 cm³/mol. The Bertz CT molecular complexity index is 408. The summed E-state index contributed by atoms with van der Waals surface area (Å²) in [5, 5.41) is 3.43. The second kappa shape index (κ2) is 4.96. The molecule has 3 rings (SSSR count). The highest BCUT2D eigenvalue weighted by Crippen LogP contribution is 2.36. The molecule has 1 aliphatic heterocycles. The Balaban J connectivity index is 1.89. The van der Waals surface area contributed by atoms with Gasteiger partial charge >= 0.3 is 0 Å². The van der Waals surface area contributed by atoms with Gasteiger partial charge in [0.2, 0.25) is 0 Å². The maximum Gasteiger partial charge on any atom is 0.131 e. The largest absolute Gasteiger partial charge is 0.317 e. The van der Waals surface area contributed by atoms with Crippen molar-refractivity contribution in [1.29, 1.82) is 0 Å². The summed E-state index contributed by atoms with van der Waals surface area (Å²) in [4.78, 5) is 9.60. The van der Waals surface area contributed by atoms with Crippen LogP contribution >= 0.6 is 0 Å². The van der Waals surface area contributed by atoms with Crippen molar-refractivity contribution >= 4 is 0 Å². The van der Waals surface area contributed by atoms with Gasteiger partial charge in [-0.05, 0) is 64.1 Å². The van der Waals surface area contributed by atoms with E-state index in [-0.39, 0.29) is 0 Å². The maximum absolute atomic E-state index is 4.80. The predicted octanol–water partition coefficient (Wildman–Crippen LogP) is 2.83. The van der Waals surface area contributed by atoms with Gasteiger partial charge < -0.3 is 5.32 Å². The number of aromatic nitrogens is 2. The van der Waals surface area contributed by atoms with Crippen LogP contribution in [0.25, 0.3) is 0 Å². The van der Waals surface area contributed by atoms with E-state index in [0.29, 0.717) is 11.8 Å². The van der Waals surface area contributed by atoms with Crippen LogP contribution in [0.5, 0.6) is 0 Å². The minimum atomic E-state index is 0.643. The van der Waals surface area contributed by atoms with Gasteiger partial charge in [-0.15, -0.1) is 0 Å². The lowest BCUT2D eigenvalue weighted by atomic mass is 9.84. The summed E-state index contributed by atoms with van der Waals surface area (Å²) in [7, 11) is 0. The molecule has 1 N–H and O–H groups in total. The first-order valence-electron chi connectivity index (χ1n) is 7.31. The van der Waals surface area contributed by atoms with Crippen LogP contribution in [-0.4, -0.2) is 23.1 Å². The Morgan fingerprint density at radius 3 is 2.00 bits per heavy atom. The van der Waals surface area contributed by atoms with E-state index in [1.165, 1.54) is 49.1 Å². The number of nitrogens with one attached hydrogen (secondary N) is 1. The molecule has 1 aromatic heterocycles. The SMILES string of the molecule is Cc1nc(C2CCC2)nc(C)c1C1CCNCC1. The van der Waals surface area contributed by atoms with Crippen molar-refractivity contribution in [2.24, 2.45) is 0 Å². The molecule has 1 saturated carbocycles. The maximum atomic E-state index is 4.80. The molecule has 1 aromatic rings. The summed E-state index contributed by atoms with van der Waals surface area (Å²) >= 11 is 0. The lowest BCUT2D eigenvalue weighted by Gasteiger charge is -2.28. The number of aryl methyl sites for hydroxylation is 2.